The van der Waals surface area contributed by atoms with Crippen LogP contribution in [-0.2, 0) is 4.79 Å². The lowest BCUT2D eigenvalue weighted by atomic mass is 10.0. The van der Waals surface area contributed by atoms with Gasteiger partial charge in [0.1, 0.15) is 5.78 Å². The summed E-state index contributed by atoms with van der Waals surface area (Å²) in [5, 5.41) is 0. The van der Waals surface area contributed by atoms with Crippen molar-refractivity contribution in [1.29, 1.82) is 0 Å². The average Bonchev–Trinajstić information content (AvgIpc) is 1.97. The molecule has 0 amide bonds. The maximum absolute atomic E-state index is 11.1. The summed E-state index contributed by atoms with van der Waals surface area (Å²) in [6.45, 7) is 6.13. The SMILES string of the molecule is CCCCCCC(=O)C(C)C. The molecular formula is C10H20O. The molecule has 0 aliphatic rings. The molecule has 0 radical (unpaired) electrons. The minimum atomic E-state index is 0.233. The van der Waals surface area contributed by atoms with Crippen LogP contribution >= 0.6 is 0 Å². The highest BCUT2D eigenvalue weighted by atomic mass is 16.1. The molecule has 0 saturated heterocycles. The maximum atomic E-state index is 11.1. The van der Waals surface area contributed by atoms with Crippen LogP contribution in [0.3, 0.4) is 0 Å². The lowest BCUT2D eigenvalue weighted by Gasteiger charge is -2.02. The summed E-state index contributed by atoms with van der Waals surface area (Å²) in [7, 11) is 0. The summed E-state index contributed by atoms with van der Waals surface area (Å²) in [5.41, 5.74) is 0. The van der Waals surface area contributed by atoms with Gasteiger partial charge in [-0.2, -0.15) is 0 Å². The Kier molecular flexibility index (Phi) is 6.19. The van der Waals surface area contributed by atoms with E-state index < -0.39 is 0 Å². The zero-order valence-electron chi connectivity index (χ0n) is 8.02. The predicted molar refractivity (Wildman–Crippen MR) is 48.6 cm³/mol. The second kappa shape index (κ2) is 6.38. The Morgan fingerprint density at radius 3 is 2.27 bits per heavy atom. The van der Waals surface area contributed by atoms with Gasteiger partial charge in [0.2, 0.25) is 0 Å². The summed E-state index contributed by atoms with van der Waals surface area (Å²) >= 11 is 0. The van der Waals surface area contributed by atoms with Crippen molar-refractivity contribution >= 4 is 5.78 Å². The Morgan fingerprint density at radius 2 is 1.82 bits per heavy atom. The molecule has 0 atom stereocenters. The lowest BCUT2D eigenvalue weighted by Crippen LogP contribution is -2.05. The molecule has 0 aromatic heterocycles. The van der Waals surface area contributed by atoms with Gasteiger partial charge >= 0.3 is 0 Å². The largest absolute Gasteiger partial charge is 0.299 e. The molecule has 0 heterocycles. The summed E-state index contributed by atoms with van der Waals surface area (Å²) in [6.07, 6.45) is 5.61. The Labute approximate surface area is 70.2 Å². The van der Waals surface area contributed by atoms with Gasteiger partial charge in [-0.25, -0.2) is 0 Å². The molecule has 0 spiro atoms. The van der Waals surface area contributed by atoms with Crippen molar-refractivity contribution in [2.24, 2.45) is 5.92 Å². The standard InChI is InChI=1S/C10H20O/c1-4-5-6-7-8-10(11)9(2)3/h9H,4-8H2,1-3H3. The fourth-order valence-corrected chi connectivity index (χ4v) is 1.01. The summed E-state index contributed by atoms with van der Waals surface area (Å²) in [6, 6.07) is 0. The fourth-order valence-electron chi connectivity index (χ4n) is 1.01. The first kappa shape index (κ1) is 10.7. The van der Waals surface area contributed by atoms with Crippen molar-refractivity contribution in [2.45, 2.75) is 52.9 Å². The second-order valence-corrected chi connectivity index (χ2v) is 3.43. The van der Waals surface area contributed by atoms with E-state index in [0.717, 1.165) is 12.8 Å². The van der Waals surface area contributed by atoms with Gasteiger partial charge in [-0.1, -0.05) is 40.0 Å². The zero-order valence-corrected chi connectivity index (χ0v) is 8.02. The molecule has 0 aliphatic heterocycles. The third-order valence-electron chi connectivity index (χ3n) is 1.92. The predicted octanol–water partition coefficient (Wildman–Crippen LogP) is 3.18. The molecule has 0 saturated carbocycles. The third kappa shape index (κ3) is 6.08. The van der Waals surface area contributed by atoms with Gasteiger partial charge < -0.3 is 0 Å². The van der Waals surface area contributed by atoms with Crippen molar-refractivity contribution in [3.63, 3.8) is 0 Å². The van der Waals surface area contributed by atoms with E-state index >= 15 is 0 Å². The Hall–Kier alpha value is -0.330. The molecule has 0 N–H and O–H groups in total. The van der Waals surface area contributed by atoms with Crippen LogP contribution in [0, 0.1) is 5.92 Å². The normalized spacial score (nSPS) is 10.5. The number of carbonyl (C=O) groups excluding carboxylic acids is 1. The van der Waals surface area contributed by atoms with Crippen LogP contribution in [0.1, 0.15) is 52.9 Å². The molecule has 66 valence electrons. The highest BCUT2D eigenvalue weighted by Gasteiger charge is 2.05. The minimum Gasteiger partial charge on any atom is -0.299 e. The van der Waals surface area contributed by atoms with Gasteiger partial charge in [0.05, 0.1) is 0 Å². The quantitative estimate of drug-likeness (QED) is 0.540. The summed E-state index contributed by atoms with van der Waals surface area (Å²) in [5.74, 6) is 0.651. The van der Waals surface area contributed by atoms with Crippen LogP contribution in [0.5, 0.6) is 0 Å². The first-order valence-corrected chi connectivity index (χ1v) is 4.71. The third-order valence-corrected chi connectivity index (χ3v) is 1.92. The van der Waals surface area contributed by atoms with Crippen molar-refractivity contribution < 1.29 is 4.79 Å². The molecule has 1 heteroatoms. The Morgan fingerprint density at radius 1 is 1.18 bits per heavy atom. The second-order valence-electron chi connectivity index (χ2n) is 3.43. The van der Waals surface area contributed by atoms with E-state index in [0.29, 0.717) is 5.78 Å². The number of hydrogen-bond donors (Lipinski definition) is 0. The van der Waals surface area contributed by atoms with E-state index in [1.807, 2.05) is 13.8 Å². The molecule has 0 aromatic carbocycles. The molecule has 0 fully saturated rings. The van der Waals surface area contributed by atoms with Gasteiger partial charge in [-0.15, -0.1) is 0 Å². The molecule has 0 unspecified atom stereocenters. The van der Waals surface area contributed by atoms with Crippen LogP contribution in [-0.4, -0.2) is 5.78 Å². The van der Waals surface area contributed by atoms with Crippen LogP contribution in [0.15, 0.2) is 0 Å². The number of ketones is 1. The smallest absolute Gasteiger partial charge is 0.135 e. The van der Waals surface area contributed by atoms with E-state index in [1.165, 1.54) is 19.3 Å². The summed E-state index contributed by atoms with van der Waals surface area (Å²) in [4.78, 5) is 11.1. The monoisotopic (exact) mass is 156 g/mol. The van der Waals surface area contributed by atoms with Crippen molar-refractivity contribution in [2.75, 3.05) is 0 Å². The van der Waals surface area contributed by atoms with Crippen LogP contribution < -0.4 is 0 Å². The van der Waals surface area contributed by atoms with E-state index in [1.54, 1.807) is 0 Å². The molecule has 0 bridgehead atoms. The van der Waals surface area contributed by atoms with Gasteiger partial charge in [0.15, 0.2) is 0 Å². The van der Waals surface area contributed by atoms with Gasteiger partial charge in [0, 0.05) is 12.3 Å². The first-order chi connectivity index (χ1) is 5.18. The lowest BCUT2D eigenvalue weighted by molar-refractivity contribution is -0.122. The molecular weight excluding hydrogens is 136 g/mol. The summed E-state index contributed by atoms with van der Waals surface area (Å²) < 4.78 is 0. The van der Waals surface area contributed by atoms with Crippen LogP contribution in [0.2, 0.25) is 0 Å². The number of Topliss-reactive ketones (excluding diaryl/α,β-unsaturated/α-hetero) is 1. The number of rotatable bonds is 6. The number of carbonyl (C=O) groups is 1. The molecule has 0 rings (SSSR count). The van der Waals surface area contributed by atoms with E-state index in [4.69, 9.17) is 0 Å². The molecule has 0 aliphatic carbocycles. The number of unbranched alkanes of at least 4 members (excludes halogenated alkanes) is 3. The van der Waals surface area contributed by atoms with E-state index in [2.05, 4.69) is 6.92 Å². The van der Waals surface area contributed by atoms with Crippen molar-refractivity contribution in [3.05, 3.63) is 0 Å². The van der Waals surface area contributed by atoms with Crippen molar-refractivity contribution in [3.8, 4) is 0 Å². The molecule has 11 heavy (non-hydrogen) atoms. The molecule has 1 nitrogen and oxygen atoms in total. The Balaban J connectivity index is 3.18. The first-order valence-electron chi connectivity index (χ1n) is 4.71. The number of hydrogen-bond acceptors (Lipinski definition) is 1. The van der Waals surface area contributed by atoms with Gasteiger partial charge in [-0.05, 0) is 6.42 Å². The topological polar surface area (TPSA) is 17.1 Å². The van der Waals surface area contributed by atoms with Crippen molar-refractivity contribution in [1.82, 2.24) is 0 Å². The highest BCUT2D eigenvalue weighted by Crippen LogP contribution is 2.06. The minimum absolute atomic E-state index is 0.233. The molecule has 0 aromatic rings. The van der Waals surface area contributed by atoms with Gasteiger partial charge in [0.25, 0.3) is 0 Å². The average molecular weight is 156 g/mol. The zero-order chi connectivity index (χ0) is 8.69. The van der Waals surface area contributed by atoms with E-state index in [-0.39, 0.29) is 5.92 Å². The fraction of sp³-hybridized carbons (Fsp3) is 0.900. The Bertz CT molecular complexity index is 105. The van der Waals surface area contributed by atoms with Gasteiger partial charge in [-0.3, -0.25) is 4.79 Å². The highest BCUT2D eigenvalue weighted by molar-refractivity contribution is 5.80. The van der Waals surface area contributed by atoms with Crippen LogP contribution in [0.4, 0.5) is 0 Å². The maximum Gasteiger partial charge on any atom is 0.135 e. The van der Waals surface area contributed by atoms with Crippen LogP contribution in [0.25, 0.3) is 0 Å². The van der Waals surface area contributed by atoms with E-state index in [9.17, 15) is 4.79 Å².